The molecule has 0 atom stereocenters. The second kappa shape index (κ2) is 7.71. The van der Waals surface area contributed by atoms with Gasteiger partial charge in [-0.1, -0.05) is 6.07 Å². The Morgan fingerprint density at radius 3 is 2.48 bits per heavy atom. The van der Waals surface area contributed by atoms with Crippen LogP contribution in [-0.4, -0.2) is 42.5 Å². The van der Waals surface area contributed by atoms with E-state index in [2.05, 4.69) is 0 Å². The lowest BCUT2D eigenvalue weighted by Gasteiger charge is -2.32. The number of hydrogen-bond acceptors (Lipinski definition) is 2. The fraction of sp³-hybridized carbons (Fsp3) is 0.533. The molecule has 1 aliphatic rings. The molecule has 1 aromatic carbocycles. The third-order valence-electron chi connectivity index (χ3n) is 3.62. The highest BCUT2D eigenvalue weighted by molar-refractivity contribution is 6.17. The number of carbonyl (C=O) groups is 1. The van der Waals surface area contributed by atoms with Crippen molar-refractivity contribution in [2.75, 3.05) is 25.6 Å². The van der Waals surface area contributed by atoms with E-state index < -0.39 is 11.6 Å². The normalized spacial score (nSPS) is 16.2. The smallest absolute Gasteiger partial charge is 0.227 e. The minimum atomic E-state index is -0.677. The fourth-order valence-corrected chi connectivity index (χ4v) is 2.54. The van der Waals surface area contributed by atoms with Crippen LogP contribution in [0.2, 0.25) is 0 Å². The summed E-state index contributed by atoms with van der Waals surface area (Å²) in [4.78, 5) is 13.8. The van der Waals surface area contributed by atoms with Gasteiger partial charge in [-0.25, -0.2) is 8.78 Å². The van der Waals surface area contributed by atoms with Gasteiger partial charge in [0.15, 0.2) is 0 Å². The van der Waals surface area contributed by atoms with E-state index in [1.165, 1.54) is 6.07 Å². The number of likely N-dealkylation sites (tertiary alicyclic amines) is 1. The summed E-state index contributed by atoms with van der Waals surface area (Å²) in [5.41, 5.74) is -0.164. The van der Waals surface area contributed by atoms with Gasteiger partial charge in [0.1, 0.15) is 11.6 Å². The highest BCUT2D eigenvalue weighted by Crippen LogP contribution is 2.17. The van der Waals surface area contributed by atoms with Crippen molar-refractivity contribution in [1.29, 1.82) is 0 Å². The van der Waals surface area contributed by atoms with Crippen molar-refractivity contribution in [2.45, 2.75) is 25.4 Å². The molecule has 116 valence electrons. The Morgan fingerprint density at radius 1 is 1.29 bits per heavy atom. The molecule has 0 bridgehead atoms. The van der Waals surface area contributed by atoms with Gasteiger partial charge in [-0.05, 0) is 25.0 Å². The first kappa shape index (κ1) is 16.2. The van der Waals surface area contributed by atoms with Crippen LogP contribution in [0.5, 0.6) is 0 Å². The summed E-state index contributed by atoms with van der Waals surface area (Å²) in [6, 6.07) is 3.62. The molecule has 1 heterocycles. The summed E-state index contributed by atoms with van der Waals surface area (Å²) in [6.45, 7) is 1.59. The van der Waals surface area contributed by atoms with Crippen LogP contribution in [0, 0.1) is 11.6 Å². The van der Waals surface area contributed by atoms with Crippen LogP contribution in [0.4, 0.5) is 8.78 Å². The van der Waals surface area contributed by atoms with Crippen molar-refractivity contribution in [3.63, 3.8) is 0 Å². The average Bonchev–Trinajstić information content (AvgIpc) is 2.49. The van der Waals surface area contributed by atoms with Gasteiger partial charge in [0.05, 0.1) is 19.1 Å². The maximum atomic E-state index is 13.5. The highest BCUT2D eigenvalue weighted by atomic mass is 35.5. The lowest BCUT2D eigenvalue weighted by Crippen LogP contribution is -2.41. The molecule has 1 saturated heterocycles. The SMILES string of the molecule is O=C(Cc1c(F)cccc1F)N1CCC(OCCCl)CC1. The van der Waals surface area contributed by atoms with Gasteiger partial charge in [-0.3, -0.25) is 4.79 Å². The first-order chi connectivity index (χ1) is 10.1. The molecule has 0 aliphatic carbocycles. The zero-order valence-electron chi connectivity index (χ0n) is 11.7. The van der Waals surface area contributed by atoms with Crippen LogP contribution in [0.15, 0.2) is 18.2 Å². The Bertz CT molecular complexity index is 470. The van der Waals surface area contributed by atoms with Gasteiger partial charge < -0.3 is 9.64 Å². The van der Waals surface area contributed by atoms with E-state index in [0.717, 1.165) is 25.0 Å². The molecule has 1 fully saturated rings. The van der Waals surface area contributed by atoms with E-state index in [9.17, 15) is 13.6 Å². The zero-order valence-corrected chi connectivity index (χ0v) is 12.4. The molecule has 1 amide bonds. The summed E-state index contributed by atoms with van der Waals surface area (Å²) in [7, 11) is 0. The fourth-order valence-electron chi connectivity index (χ4n) is 2.45. The molecule has 0 unspecified atom stereocenters. The van der Waals surface area contributed by atoms with Gasteiger partial charge in [-0.2, -0.15) is 0 Å². The molecule has 2 rings (SSSR count). The Labute approximate surface area is 127 Å². The average molecular weight is 318 g/mol. The number of carbonyl (C=O) groups excluding carboxylic acids is 1. The van der Waals surface area contributed by atoms with Gasteiger partial charge in [0.2, 0.25) is 5.91 Å². The third kappa shape index (κ3) is 4.38. The monoisotopic (exact) mass is 317 g/mol. The van der Waals surface area contributed by atoms with E-state index in [0.29, 0.717) is 25.6 Å². The summed E-state index contributed by atoms with van der Waals surface area (Å²) in [5, 5.41) is 0. The molecule has 0 spiro atoms. The first-order valence-corrected chi connectivity index (χ1v) is 7.53. The van der Waals surface area contributed by atoms with Crippen molar-refractivity contribution in [3.8, 4) is 0 Å². The van der Waals surface area contributed by atoms with Crippen LogP contribution < -0.4 is 0 Å². The largest absolute Gasteiger partial charge is 0.377 e. The van der Waals surface area contributed by atoms with Gasteiger partial charge in [-0.15, -0.1) is 11.6 Å². The number of nitrogens with zero attached hydrogens (tertiary/aromatic N) is 1. The van der Waals surface area contributed by atoms with E-state index in [-0.39, 0.29) is 24.0 Å². The lowest BCUT2D eigenvalue weighted by atomic mass is 10.1. The number of amides is 1. The molecule has 1 aliphatic heterocycles. The highest BCUT2D eigenvalue weighted by Gasteiger charge is 2.24. The molecule has 0 N–H and O–H groups in total. The van der Waals surface area contributed by atoms with E-state index in [1.807, 2.05) is 0 Å². The number of halogens is 3. The molecule has 3 nitrogen and oxygen atoms in total. The predicted octanol–water partition coefficient (Wildman–Crippen LogP) is 2.75. The number of piperidine rings is 1. The maximum absolute atomic E-state index is 13.5. The topological polar surface area (TPSA) is 29.5 Å². The molecular weight excluding hydrogens is 300 g/mol. The Balaban J connectivity index is 1.88. The van der Waals surface area contributed by atoms with Crippen LogP contribution in [0.1, 0.15) is 18.4 Å². The minimum Gasteiger partial charge on any atom is -0.377 e. The number of rotatable bonds is 5. The molecule has 21 heavy (non-hydrogen) atoms. The van der Waals surface area contributed by atoms with Crippen LogP contribution in [0.3, 0.4) is 0 Å². The standard InChI is InChI=1S/C15H18ClF2NO2/c16-6-9-21-11-4-7-19(8-5-11)15(20)10-12-13(17)2-1-3-14(12)18/h1-3,11H,4-10H2. The predicted molar refractivity (Wildman–Crippen MR) is 76.3 cm³/mol. The number of benzene rings is 1. The Hall–Kier alpha value is -1.20. The maximum Gasteiger partial charge on any atom is 0.227 e. The van der Waals surface area contributed by atoms with Crippen LogP contribution >= 0.6 is 11.6 Å². The summed E-state index contributed by atoms with van der Waals surface area (Å²) in [6.07, 6.45) is 1.31. The zero-order chi connectivity index (χ0) is 15.2. The second-order valence-electron chi connectivity index (χ2n) is 5.02. The number of alkyl halides is 1. The van der Waals surface area contributed by atoms with Gasteiger partial charge in [0.25, 0.3) is 0 Å². The van der Waals surface area contributed by atoms with Crippen molar-refractivity contribution in [2.24, 2.45) is 0 Å². The third-order valence-corrected chi connectivity index (χ3v) is 3.77. The van der Waals surface area contributed by atoms with E-state index in [4.69, 9.17) is 16.3 Å². The van der Waals surface area contributed by atoms with E-state index in [1.54, 1.807) is 4.90 Å². The molecule has 0 radical (unpaired) electrons. The minimum absolute atomic E-state index is 0.109. The Morgan fingerprint density at radius 2 is 1.90 bits per heavy atom. The number of ether oxygens (including phenoxy) is 1. The summed E-state index contributed by atoms with van der Waals surface area (Å²) >= 11 is 5.56. The second-order valence-corrected chi connectivity index (χ2v) is 5.39. The van der Waals surface area contributed by atoms with Crippen molar-refractivity contribution >= 4 is 17.5 Å². The number of hydrogen-bond donors (Lipinski definition) is 0. The van der Waals surface area contributed by atoms with Crippen molar-refractivity contribution in [1.82, 2.24) is 4.90 Å². The quantitative estimate of drug-likeness (QED) is 0.782. The van der Waals surface area contributed by atoms with Crippen molar-refractivity contribution < 1.29 is 18.3 Å². The molecule has 0 saturated carbocycles. The van der Waals surface area contributed by atoms with Crippen molar-refractivity contribution in [3.05, 3.63) is 35.4 Å². The molecule has 1 aromatic rings. The van der Waals surface area contributed by atoms with Gasteiger partial charge in [0, 0.05) is 24.5 Å². The lowest BCUT2D eigenvalue weighted by molar-refractivity contribution is -0.133. The molecule has 0 aromatic heterocycles. The molecular formula is C15H18ClF2NO2. The first-order valence-electron chi connectivity index (χ1n) is 7.00. The van der Waals surface area contributed by atoms with Crippen LogP contribution in [-0.2, 0) is 16.0 Å². The summed E-state index contributed by atoms with van der Waals surface area (Å²) < 4.78 is 32.6. The van der Waals surface area contributed by atoms with E-state index >= 15 is 0 Å². The summed E-state index contributed by atoms with van der Waals surface area (Å²) in [5.74, 6) is -1.16. The van der Waals surface area contributed by atoms with Gasteiger partial charge >= 0.3 is 0 Å². The Kier molecular flexibility index (Phi) is 5.94. The van der Waals surface area contributed by atoms with Crippen LogP contribution in [0.25, 0.3) is 0 Å². The molecule has 6 heteroatoms.